The number of benzene rings is 1. The van der Waals surface area contributed by atoms with E-state index in [0.717, 1.165) is 6.42 Å². The Morgan fingerprint density at radius 1 is 1.17 bits per heavy atom. The van der Waals surface area contributed by atoms with E-state index in [4.69, 9.17) is 0 Å². The van der Waals surface area contributed by atoms with Gasteiger partial charge in [-0.3, -0.25) is 0 Å². The van der Waals surface area contributed by atoms with Gasteiger partial charge >= 0.3 is 0 Å². The van der Waals surface area contributed by atoms with Crippen LogP contribution in [0, 0.1) is 26.7 Å². The summed E-state index contributed by atoms with van der Waals surface area (Å²) in [6, 6.07) is 6.70. The van der Waals surface area contributed by atoms with Gasteiger partial charge in [0.25, 0.3) is 0 Å². The van der Waals surface area contributed by atoms with Gasteiger partial charge in [0.05, 0.1) is 0 Å². The van der Waals surface area contributed by atoms with Crippen LogP contribution in [0.3, 0.4) is 0 Å². The topological polar surface area (TPSA) is 0 Å². The molecule has 0 aromatic heterocycles. The van der Waals surface area contributed by atoms with E-state index in [1.165, 1.54) is 16.7 Å². The molecular formula is C12H17. The molecule has 0 aliphatic heterocycles. The van der Waals surface area contributed by atoms with Crippen LogP contribution >= 0.6 is 0 Å². The first-order valence-electron chi connectivity index (χ1n) is 4.48. The summed E-state index contributed by atoms with van der Waals surface area (Å²) in [5.41, 5.74) is 4.12. The van der Waals surface area contributed by atoms with Gasteiger partial charge in [0.15, 0.2) is 0 Å². The average Bonchev–Trinajstić information content (AvgIpc) is 1.81. The molecule has 1 aromatic carbocycles. The summed E-state index contributed by atoms with van der Waals surface area (Å²) in [5, 5.41) is 0. The van der Waals surface area contributed by atoms with Crippen LogP contribution in [0.4, 0.5) is 0 Å². The minimum absolute atomic E-state index is 0.506. The van der Waals surface area contributed by atoms with Gasteiger partial charge in [-0.2, -0.15) is 0 Å². The van der Waals surface area contributed by atoms with Crippen molar-refractivity contribution in [1.82, 2.24) is 0 Å². The molecule has 0 aliphatic rings. The van der Waals surface area contributed by atoms with Crippen LogP contribution in [0.1, 0.15) is 23.6 Å². The van der Waals surface area contributed by atoms with E-state index < -0.39 is 0 Å². The Kier molecular flexibility index (Phi) is 2.91. The monoisotopic (exact) mass is 161 g/mol. The van der Waals surface area contributed by atoms with E-state index in [2.05, 4.69) is 45.9 Å². The standard InChI is InChI=1S/C12H17/c1-9(2)5-12-7-10(3)6-11(4)8-12/h6-9H,1,5H2,2-4H3/t9-/m0/s1. The van der Waals surface area contributed by atoms with Gasteiger partial charge in [-0.15, -0.1) is 0 Å². The number of rotatable bonds is 2. The van der Waals surface area contributed by atoms with Crippen LogP contribution in [0.15, 0.2) is 18.2 Å². The molecular weight excluding hydrogens is 144 g/mol. The molecule has 1 radical (unpaired) electrons. The number of hydrogen-bond donors (Lipinski definition) is 0. The maximum absolute atomic E-state index is 3.99. The molecule has 0 saturated carbocycles. The van der Waals surface area contributed by atoms with Gasteiger partial charge in [0, 0.05) is 0 Å². The SMILES string of the molecule is [CH2][C@@H](C)Cc1cc(C)cc(C)c1. The molecule has 0 aliphatic carbocycles. The maximum Gasteiger partial charge on any atom is -0.0253 e. The molecule has 1 rings (SSSR count). The lowest BCUT2D eigenvalue weighted by Gasteiger charge is -2.06. The summed E-state index contributed by atoms with van der Waals surface area (Å²) in [5.74, 6) is 0.506. The first kappa shape index (κ1) is 9.31. The predicted molar refractivity (Wildman–Crippen MR) is 54.1 cm³/mol. The third-order valence-electron chi connectivity index (χ3n) is 1.87. The van der Waals surface area contributed by atoms with Crippen molar-refractivity contribution in [3.05, 3.63) is 41.8 Å². The average molecular weight is 161 g/mol. The smallest absolute Gasteiger partial charge is 0.0253 e. The molecule has 1 aromatic rings. The van der Waals surface area contributed by atoms with Gasteiger partial charge in [-0.25, -0.2) is 0 Å². The molecule has 1 atom stereocenters. The van der Waals surface area contributed by atoms with Gasteiger partial charge in [0.2, 0.25) is 0 Å². The largest absolute Gasteiger partial charge is 0.0622 e. The predicted octanol–water partition coefficient (Wildman–Crippen LogP) is 3.32. The second-order valence-electron chi connectivity index (χ2n) is 3.81. The molecule has 0 amide bonds. The normalized spacial score (nSPS) is 10.8. The van der Waals surface area contributed by atoms with E-state index in [-0.39, 0.29) is 0 Å². The van der Waals surface area contributed by atoms with Crippen molar-refractivity contribution in [2.45, 2.75) is 27.2 Å². The lowest BCUT2D eigenvalue weighted by Crippen LogP contribution is -1.95. The van der Waals surface area contributed by atoms with Crippen LogP contribution in [0.2, 0.25) is 0 Å². The van der Waals surface area contributed by atoms with Crippen molar-refractivity contribution in [3.63, 3.8) is 0 Å². The van der Waals surface area contributed by atoms with Crippen molar-refractivity contribution in [3.8, 4) is 0 Å². The van der Waals surface area contributed by atoms with E-state index in [0.29, 0.717) is 5.92 Å². The molecule has 0 heteroatoms. The molecule has 0 spiro atoms. The Balaban J connectivity index is 2.85. The van der Waals surface area contributed by atoms with Crippen LogP contribution in [0.5, 0.6) is 0 Å². The lowest BCUT2D eigenvalue weighted by atomic mass is 9.99. The fourth-order valence-corrected chi connectivity index (χ4v) is 1.59. The van der Waals surface area contributed by atoms with Gasteiger partial charge < -0.3 is 0 Å². The van der Waals surface area contributed by atoms with Crippen LogP contribution < -0.4 is 0 Å². The highest BCUT2D eigenvalue weighted by Gasteiger charge is 1.98. The Morgan fingerprint density at radius 3 is 2.08 bits per heavy atom. The zero-order chi connectivity index (χ0) is 9.14. The Morgan fingerprint density at radius 2 is 1.67 bits per heavy atom. The first-order chi connectivity index (χ1) is 5.58. The highest BCUT2D eigenvalue weighted by Crippen LogP contribution is 2.12. The molecule has 0 saturated heterocycles. The fraction of sp³-hybridized carbons (Fsp3) is 0.417. The van der Waals surface area contributed by atoms with Gasteiger partial charge in [0.1, 0.15) is 0 Å². The van der Waals surface area contributed by atoms with Crippen molar-refractivity contribution >= 4 is 0 Å². The van der Waals surface area contributed by atoms with E-state index >= 15 is 0 Å². The second kappa shape index (κ2) is 3.75. The third kappa shape index (κ3) is 2.69. The highest BCUT2D eigenvalue weighted by atomic mass is 14.0. The maximum atomic E-state index is 3.99. The zero-order valence-electron chi connectivity index (χ0n) is 8.22. The van der Waals surface area contributed by atoms with Crippen molar-refractivity contribution in [1.29, 1.82) is 0 Å². The second-order valence-corrected chi connectivity index (χ2v) is 3.81. The summed E-state index contributed by atoms with van der Waals surface area (Å²) in [4.78, 5) is 0. The van der Waals surface area contributed by atoms with E-state index in [1.807, 2.05) is 0 Å². The summed E-state index contributed by atoms with van der Waals surface area (Å²) in [7, 11) is 0. The minimum atomic E-state index is 0.506. The Labute approximate surface area is 75.6 Å². The summed E-state index contributed by atoms with van der Waals surface area (Å²) in [6.07, 6.45) is 1.09. The molecule has 0 N–H and O–H groups in total. The quantitative estimate of drug-likeness (QED) is 0.624. The Bertz CT molecular complexity index is 238. The minimum Gasteiger partial charge on any atom is -0.0622 e. The molecule has 12 heavy (non-hydrogen) atoms. The van der Waals surface area contributed by atoms with E-state index in [1.54, 1.807) is 0 Å². The van der Waals surface area contributed by atoms with E-state index in [9.17, 15) is 0 Å². The number of hydrogen-bond acceptors (Lipinski definition) is 0. The van der Waals surface area contributed by atoms with Crippen molar-refractivity contribution < 1.29 is 0 Å². The lowest BCUT2D eigenvalue weighted by molar-refractivity contribution is 0.718. The first-order valence-corrected chi connectivity index (χ1v) is 4.48. The summed E-state index contributed by atoms with van der Waals surface area (Å²) in [6.45, 7) is 10.4. The van der Waals surface area contributed by atoms with Crippen molar-refractivity contribution in [2.75, 3.05) is 0 Å². The molecule has 0 fully saturated rings. The van der Waals surface area contributed by atoms with Gasteiger partial charge in [-0.1, -0.05) is 43.2 Å². The summed E-state index contributed by atoms with van der Waals surface area (Å²) < 4.78 is 0. The van der Waals surface area contributed by atoms with Crippen LogP contribution in [-0.4, -0.2) is 0 Å². The van der Waals surface area contributed by atoms with Crippen LogP contribution in [-0.2, 0) is 6.42 Å². The number of aryl methyl sites for hydroxylation is 2. The molecule has 0 nitrogen and oxygen atoms in total. The van der Waals surface area contributed by atoms with Crippen molar-refractivity contribution in [2.24, 2.45) is 5.92 Å². The summed E-state index contributed by atoms with van der Waals surface area (Å²) >= 11 is 0. The van der Waals surface area contributed by atoms with Crippen LogP contribution in [0.25, 0.3) is 0 Å². The zero-order valence-corrected chi connectivity index (χ0v) is 8.22. The fourth-order valence-electron chi connectivity index (χ4n) is 1.59. The molecule has 0 unspecified atom stereocenters. The molecule has 65 valence electrons. The Hall–Kier alpha value is -0.780. The van der Waals surface area contributed by atoms with Gasteiger partial charge in [-0.05, 0) is 31.7 Å². The third-order valence-corrected chi connectivity index (χ3v) is 1.87. The molecule has 0 bridgehead atoms. The molecule has 0 heterocycles. The highest BCUT2D eigenvalue weighted by molar-refractivity contribution is 5.28.